The molecular weight excluding hydrogens is 294 g/mol. The summed E-state index contributed by atoms with van der Waals surface area (Å²) in [4.78, 5) is 20.2. The fourth-order valence-electron chi connectivity index (χ4n) is 3.08. The lowest BCUT2D eigenvalue weighted by molar-refractivity contribution is 0.0343. The average molecular weight is 319 g/mol. The quantitative estimate of drug-likeness (QED) is 0.724. The number of aliphatic hydroxyl groups is 1. The van der Waals surface area contributed by atoms with Gasteiger partial charge in [-0.25, -0.2) is 9.97 Å². The molecule has 0 spiro atoms. The van der Waals surface area contributed by atoms with Gasteiger partial charge >= 0.3 is 0 Å². The van der Waals surface area contributed by atoms with Crippen LogP contribution in [0.2, 0.25) is 0 Å². The predicted molar refractivity (Wildman–Crippen MR) is 89.8 cm³/mol. The van der Waals surface area contributed by atoms with Crippen molar-refractivity contribution in [3.63, 3.8) is 0 Å². The number of nitrogens with zero attached hydrogens (tertiary/aromatic N) is 2. The summed E-state index contributed by atoms with van der Waals surface area (Å²) in [6.07, 6.45) is 4.63. The molecular formula is C17H25N3O3. The number of anilines is 1. The molecule has 0 saturated heterocycles. The Kier molecular flexibility index (Phi) is 5.36. The Labute approximate surface area is 136 Å². The molecule has 0 atom stereocenters. The lowest BCUT2D eigenvalue weighted by Gasteiger charge is -2.28. The molecule has 0 saturated carbocycles. The summed E-state index contributed by atoms with van der Waals surface area (Å²) >= 11 is 0. The van der Waals surface area contributed by atoms with Gasteiger partial charge in [0, 0.05) is 6.54 Å². The smallest absolute Gasteiger partial charge is 0.232 e. The van der Waals surface area contributed by atoms with E-state index in [-0.39, 0.29) is 5.78 Å². The van der Waals surface area contributed by atoms with Crippen LogP contribution < -0.4 is 5.32 Å². The first-order valence-electron chi connectivity index (χ1n) is 8.13. The zero-order chi connectivity index (χ0) is 17.0. The third kappa shape index (κ3) is 3.69. The highest BCUT2D eigenvalue weighted by Gasteiger charge is 2.26. The van der Waals surface area contributed by atoms with E-state index in [1.807, 2.05) is 0 Å². The predicted octanol–water partition coefficient (Wildman–Crippen LogP) is 3.48. The van der Waals surface area contributed by atoms with E-state index in [0.717, 1.165) is 12.8 Å². The van der Waals surface area contributed by atoms with Gasteiger partial charge in [-0.1, -0.05) is 26.7 Å². The molecule has 0 aliphatic carbocycles. The van der Waals surface area contributed by atoms with Crippen LogP contribution in [0.25, 0.3) is 11.1 Å². The molecule has 0 unspecified atom stereocenters. The number of aryl methyl sites for hydroxylation is 1. The number of rotatable bonds is 8. The molecule has 0 aromatic carbocycles. The number of carbonyl (C=O) groups is 1. The van der Waals surface area contributed by atoms with Crippen molar-refractivity contribution in [3.05, 3.63) is 17.7 Å². The normalized spacial score (nSPS) is 11.9. The lowest BCUT2D eigenvalue weighted by atomic mass is 9.92. The van der Waals surface area contributed by atoms with Crippen molar-refractivity contribution in [3.8, 4) is 0 Å². The van der Waals surface area contributed by atoms with Crippen LogP contribution in [-0.2, 0) is 0 Å². The Balaban J connectivity index is 2.35. The Morgan fingerprint density at radius 3 is 2.52 bits per heavy atom. The van der Waals surface area contributed by atoms with Crippen molar-refractivity contribution in [1.29, 1.82) is 0 Å². The van der Waals surface area contributed by atoms with E-state index in [1.54, 1.807) is 6.92 Å². The molecule has 2 N–H and O–H groups in total. The molecule has 0 bridgehead atoms. The van der Waals surface area contributed by atoms with Gasteiger partial charge in [0.1, 0.15) is 17.9 Å². The number of fused-ring (bicyclic) bond motifs is 1. The number of nitrogens with one attached hydrogen (secondary N) is 1. The highest BCUT2D eigenvalue weighted by Crippen LogP contribution is 2.30. The minimum atomic E-state index is -0.782. The Morgan fingerprint density at radius 1 is 1.30 bits per heavy atom. The second-order valence-corrected chi connectivity index (χ2v) is 6.07. The Morgan fingerprint density at radius 2 is 1.96 bits per heavy atom. The van der Waals surface area contributed by atoms with Crippen LogP contribution in [0.5, 0.6) is 0 Å². The number of furan rings is 1. The van der Waals surface area contributed by atoms with Gasteiger partial charge in [-0.3, -0.25) is 4.79 Å². The second-order valence-electron chi connectivity index (χ2n) is 6.07. The number of hydrogen-bond acceptors (Lipinski definition) is 6. The topological polar surface area (TPSA) is 88.2 Å². The zero-order valence-corrected chi connectivity index (χ0v) is 14.3. The second kappa shape index (κ2) is 7.08. The molecule has 2 aromatic heterocycles. The molecule has 0 amide bonds. The number of ketones is 1. The average Bonchev–Trinajstić information content (AvgIpc) is 2.82. The first-order valence-corrected chi connectivity index (χ1v) is 8.13. The summed E-state index contributed by atoms with van der Waals surface area (Å²) in [5.41, 5.74) is 0.105. The number of carbonyl (C=O) groups excluding carboxylic acids is 1. The fraction of sp³-hybridized carbons (Fsp3) is 0.588. The SMILES string of the molecule is CCCC(O)(CCC)CNc1ncnc2oc(C)c(C(C)=O)c12. The van der Waals surface area contributed by atoms with Crippen LogP contribution in [0.1, 0.15) is 62.6 Å². The maximum Gasteiger partial charge on any atom is 0.232 e. The van der Waals surface area contributed by atoms with Crippen molar-refractivity contribution < 1.29 is 14.3 Å². The van der Waals surface area contributed by atoms with Gasteiger partial charge in [-0.05, 0) is 26.7 Å². The molecule has 23 heavy (non-hydrogen) atoms. The largest absolute Gasteiger partial charge is 0.442 e. The number of aromatic nitrogens is 2. The van der Waals surface area contributed by atoms with Gasteiger partial charge in [0.2, 0.25) is 5.71 Å². The van der Waals surface area contributed by atoms with E-state index in [4.69, 9.17) is 4.42 Å². The molecule has 0 radical (unpaired) electrons. The van der Waals surface area contributed by atoms with E-state index < -0.39 is 5.60 Å². The van der Waals surface area contributed by atoms with Crippen LogP contribution in [-0.4, -0.2) is 33.0 Å². The Hall–Kier alpha value is -1.95. The molecule has 6 heteroatoms. The van der Waals surface area contributed by atoms with Gasteiger partial charge in [0.05, 0.1) is 16.6 Å². The standard InChI is InChI=1S/C17H25N3O3/c1-5-7-17(22,8-6-2)9-18-15-14-13(11(3)21)12(4)23-16(14)20-10-19-15/h10,22H,5-9H2,1-4H3,(H,18,19,20). The number of hydrogen-bond donors (Lipinski definition) is 2. The minimum absolute atomic E-state index is 0.0866. The Bertz CT molecular complexity index is 688. The van der Waals surface area contributed by atoms with Crippen molar-refractivity contribution in [2.45, 2.75) is 59.0 Å². The van der Waals surface area contributed by atoms with Gasteiger partial charge < -0.3 is 14.8 Å². The summed E-state index contributed by atoms with van der Waals surface area (Å²) in [5, 5.41) is 14.5. The summed E-state index contributed by atoms with van der Waals surface area (Å²) < 4.78 is 5.55. The first-order chi connectivity index (χ1) is 10.9. The van der Waals surface area contributed by atoms with Gasteiger partial charge in [-0.15, -0.1) is 0 Å². The van der Waals surface area contributed by atoms with Gasteiger partial charge in [-0.2, -0.15) is 0 Å². The van der Waals surface area contributed by atoms with Crippen molar-refractivity contribution in [1.82, 2.24) is 9.97 Å². The van der Waals surface area contributed by atoms with Crippen LogP contribution >= 0.6 is 0 Å². The van der Waals surface area contributed by atoms with E-state index in [2.05, 4.69) is 29.1 Å². The maximum absolute atomic E-state index is 11.9. The fourth-order valence-corrected chi connectivity index (χ4v) is 3.08. The molecule has 0 aliphatic heterocycles. The molecule has 0 fully saturated rings. The third-order valence-electron chi connectivity index (χ3n) is 4.03. The minimum Gasteiger partial charge on any atom is -0.442 e. The molecule has 126 valence electrons. The molecule has 2 aromatic rings. The highest BCUT2D eigenvalue weighted by atomic mass is 16.3. The van der Waals surface area contributed by atoms with Gasteiger partial charge in [0.25, 0.3) is 0 Å². The number of Topliss-reactive ketones (excluding diaryl/α,β-unsaturated/α-hetero) is 1. The molecule has 0 aliphatic rings. The summed E-state index contributed by atoms with van der Waals surface area (Å²) in [7, 11) is 0. The summed E-state index contributed by atoms with van der Waals surface area (Å²) in [6, 6.07) is 0. The van der Waals surface area contributed by atoms with Crippen LogP contribution in [0.15, 0.2) is 10.7 Å². The summed E-state index contributed by atoms with van der Waals surface area (Å²) in [5.74, 6) is 0.979. The summed E-state index contributed by atoms with van der Waals surface area (Å²) in [6.45, 7) is 7.72. The molecule has 6 nitrogen and oxygen atoms in total. The maximum atomic E-state index is 11.9. The lowest BCUT2D eigenvalue weighted by Crippen LogP contribution is -2.37. The van der Waals surface area contributed by atoms with Crippen LogP contribution in [0.4, 0.5) is 5.82 Å². The van der Waals surface area contributed by atoms with Crippen molar-refractivity contribution >= 4 is 22.7 Å². The van der Waals surface area contributed by atoms with Crippen molar-refractivity contribution in [2.24, 2.45) is 0 Å². The zero-order valence-electron chi connectivity index (χ0n) is 14.3. The van der Waals surface area contributed by atoms with Gasteiger partial charge in [0.15, 0.2) is 5.78 Å². The van der Waals surface area contributed by atoms with Crippen LogP contribution in [0.3, 0.4) is 0 Å². The third-order valence-corrected chi connectivity index (χ3v) is 4.03. The first kappa shape index (κ1) is 17.4. The molecule has 2 rings (SSSR count). The highest BCUT2D eigenvalue weighted by molar-refractivity contribution is 6.09. The van der Waals surface area contributed by atoms with E-state index in [1.165, 1.54) is 13.3 Å². The van der Waals surface area contributed by atoms with E-state index in [0.29, 0.717) is 47.6 Å². The van der Waals surface area contributed by atoms with E-state index >= 15 is 0 Å². The van der Waals surface area contributed by atoms with Crippen molar-refractivity contribution in [2.75, 3.05) is 11.9 Å². The van der Waals surface area contributed by atoms with E-state index in [9.17, 15) is 9.90 Å². The molecule has 2 heterocycles. The van der Waals surface area contributed by atoms with Crippen LogP contribution in [0, 0.1) is 6.92 Å². The monoisotopic (exact) mass is 319 g/mol.